The van der Waals surface area contributed by atoms with Gasteiger partial charge in [0.05, 0.1) is 0 Å². The van der Waals surface area contributed by atoms with Crippen molar-refractivity contribution in [2.45, 2.75) is 45.7 Å². The van der Waals surface area contributed by atoms with Crippen molar-refractivity contribution < 1.29 is 4.57 Å². The molecule has 78 valence electrons. The summed E-state index contributed by atoms with van der Waals surface area (Å²) in [6.45, 7) is 4.00. The van der Waals surface area contributed by atoms with E-state index in [1.54, 1.807) is 0 Å². The van der Waals surface area contributed by atoms with Crippen molar-refractivity contribution in [1.82, 2.24) is 0 Å². The molecule has 2 N–H and O–H groups in total. The quantitative estimate of drug-likeness (QED) is 0.543. The summed E-state index contributed by atoms with van der Waals surface area (Å²) in [4.78, 5) is 0. The molecule has 1 rings (SSSR count). The summed E-state index contributed by atoms with van der Waals surface area (Å²) < 4.78 is 2.23. The standard InChI is InChI=1S/C12H21N2/c1-2-3-4-5-8-14-9-6-12(11-13)7-10-14/h6-7,9-10H,2-5,8,11,13H2,1H3/q+1. The molecule has 0 amide bonds. The molecule has 0 radical (unpaired) electrons. The van der Waals surface area contributed by atoms with Crippen LogP contribution in [0, 0.1) is 0 Å². The molecule has 0 bridgehead atoms. The van der Waals surface area contributed by atoms with Crippen molar-refractivity contribution in [3.05, 3.63) is 30.1 Å². The number of nitrogens with zero attached hydrogens (tertiary/aromatic N) is 1. The maximum absolute atomic E-state index is 5.53. The lowest BCUT2D eigenvalue weighted by atomic mass is 10.2. The van der Waals surface area contributed by atoms with Crippen LogP contribution in [0.15, 0.2) is 24.5 Å². The van der Waals surface area contributed by atoms with E-state index in [9.17, 15) is 0 Å². The highest BCUT2D eigenvalue weighted by Gasteiger charge is 1.99. The third-order valence-corrected chi connectivity index (χ3v) is 2.47. The molecule has 0 fully saturated rings. The average Bonchev–Trinajstić information content (AvgIpc) is 2.25. The van der Waals surface area contributed by atoms with Gasteiger partial charge in [-0.05, 0) is 12.0 Å². The highest BCUT2D eigenvalue weighted by atomic mass is 14.9. The van der Waals surface area contributed by atoms with Crippen molar-refractivity contribution in [2.75, 3.05) is 0 Å². The summed E-state index contributed by atoms with van der Waals surface area (Å²) in [5.41, 5.74) is 6.73. The number of rotatable bonds is 6. The van der Waals surface area contributed by atoms with Crippen LogP contribution in [-0.2, 0) is 13.1 Å². The first-order valence-electron chi connectivity index (χ1n) is 5.55. The molecule has 0 spiro atoms. The van der Waals surface area contributed by atoms with Crippen LogP contribution in [0.5, 0.6) is 0 Å². The van der Waals surface area contributed by atoms with Crippen molar-refractivity contribution in [2.24, 2.45) is 5.73 Å². The molecule has 1 aromatic heterocycles. The Bertz CT molecular complexity index is 241. The van der Waals surface area contributed by atoms with Gasteiger partial charge < -0.3 is 5.73 Å². The molecule has 0 saturated heterocycles. The zero-order valence-electron chi connectivity index (χ0n) is 9.08. The van der Waals surface area contributed by atoms with E-state index in [1.165, 1.54) is 31.2 Å². The average molecular weight is 193 g/mol. The van der Waals surface area contributed by atoms with Gasteiger partial charge in [0.2, 0.25) is 0 Å². The second-order valence-electron chi connectivity index (χ2n) is 3.71. The summed E-state index contributed by atoms with van der Waals surface area (Å²) in [7, 11) is 0. The molecule has 1 aromatic rings. The lowest BCUT2D eigenvalue weighted by molar-refractivity contribution is -0.697. The van der Waals surface area contributed by atoms with Gasteiger partial charge in [0.15, 0.2) is 12.4 Å². The molecule has 0 aliphatic heterocycles. The van der Waals surface area contributed by atoms with Crippen LogP contribution >= 0.6 is 0 Å². The van der Waals surface area contributed by atoms with Crippen LogP contribution in [0.2, 0.25) is 0 Å². The van der Waals surface area contributed by atoms with Gasteiger partial charge in [0.1, 0.15) is 6.54 Å². The smallest absolute Gasteiger partial charge is 0.169 e. The molecular formula is C12H21N2+. The normalized spacial score (nSPS) is 10.4. The minimum atomic E-state index is 0.636. The summed E-state index contributed by atoms with van der Waals surface area (Å²) in [6.07, 6.45) is 9.50. The molecule has 2 heteroatoms. The Morgan fingerprint density at radius 1 is 1.14 bits per heavy atom. The Kier molecular flexibility index (Phi) is 5.23. The van der Waals surface area contributed by atoms with Crippen LogP contribution < -0.4 is 10.3 Å². The predicted octanol–water partition coefficient (Wildman–Crippen LogP) is 2.01. The van der Waals surface area contributed by atoms with E-state index in [1.807, 2.05) is 0 Å². The van der Waals surface area contributed by atoms with Gasteiger partial charge in [0, 0.05) is 25.1 Å². The molecule has 0 aliphatic rings. The topological polar surface area (TPSA) is 29.9 Å². The first-order valence-corrected chi connectivity index (χ1v) is 5.55. The van der Waals surface area contributed by atoms with Crippen molar-refractivity contribution in [3.63, 3.8) is 0 Å². The minimum Gasteiger partial charge on any atom is -0.326 e. The Morgan fingerprint density at radius 2 is 1.86 bits per heavy atom. The minimum absolute atomic E-state index is 0.636. The van der Waals surface area contributed by atoms with Gasteiger partial charge in [-0.1, -0.05) is 19.8 Å². The monoisotopic (exact) mass is 193 g/mol. The molecule has 0 saturated carbocycles. The summed E-state index contributed by atoms with van der Waals surface area (Å²) in [5.74, 6) is 0. The van der Waals surface area contributed by atoms with Gasteiger partial charge in [-0.15, -0.1) is 0 Å². The zero-order chi connectivity index (χ0) is 10.2. The van der Waals surface area contributed by atoms with Gasteiger partial charge in [0.25, 0.3) is 0 Å². The van der Waals surface area contributed by atoms with E-state index in [4.69, 9.17) is 5.73 Å². The predicted molar refractivity (Wildman–Crippen MR) is 58.7 cm³/mol. The fourth-order valence-corrected chi connectivity index (χ4v) is 1.49. The van der Waals surface area contributed by atoms with Crippen LogP contribution in [0.3, 0.4) is 0 Å². The Labute approximate surface area is 86.8 Å². The molecule has 0 aliphatic carbocycles. The van der Waals surface area contributed by atoms with Gasteiger partial charge >= 0.3 is 0 Å². The van der Waals surface area contributed by atoms with Gasteiger partial charge in [-0.3, -0.25) is 0 Å². The maximum atomic E-state index is 5.53. The van der Waals surface area contributed by atoms with E-state index in [0.29, 0.717) is 6.54 Å². The number of nitrogens with two attached hydrogens (primary N) is 1. The van der Waals surface area contributed by atoms with E-state index in [0.717, 1.165) is 6.54 Å². The van der Waals surface area contributed by atoms with Gasteiger partial charge in [-0.25, -0.2) is 4.57 Å². The third kappa shape index (κ3) is 3.88. The molecule has 1 heterocycles. The second kappa shape index (κ2) is 6.55. The fourth-order valence-electron chi connectivity index (χ4n) is 1.49. The molecule has 14 heavy (non-hydrogen) atoms. The number of unbranched alkanes of at least 4 members (excludes halogenated alkanes) is 3. The SMILES string of the molecule is CCCCCC[n+]1ccc(CN)cc1. The maximum Gasteiger partial charge on any atom is 0.169 e. The number of hydrogen-bond donors (Lipinski definition) is 1. The molecular weight excluding hydrogens is 172 g/mol. The van der Waals surface area contributed by atoms with E-state index < -0.39 is 0 Å². The number of hydrogen-bond acceptors (Lipinski definition) is 1. The van der Waals surface area contributed by atoms with Crippen LogP contribution in [0.4, 0.5) is 0 Å². The highest BCUT2D eigenvalue weighted by molar-refractivity contribution is 5.05. The number of aromatic nitrogens is 1. The first-order chi connectivity index (χ1) is 6.86. The molecule has 0 atom stereocenters. The first kappa shape index (κ1) is 11.2. The zero-order valence-corrected chi connectivity index (χ0v) is 9.08. The fraction of sp³-hybridized carbons (Fsp3) is 0.583. The Balaban J connectivity index is 2.29. The van der Waals surface area contributed by atoms with E-state index >= 15 is 0 Å². The van der Waals surface area contributed by atoms with Gasteiger partial charge in [-0.2, -0.15) is 0 Å². The third-order valence-electron chi connectivity index (χ3n) is 2.47. The summed E-state index contributed by atoms with van der Waals surface area (Å²) in [6, 6.07) is 4.19. The van der Waals surface area contributed by atoms with Crippen molar-refractivity contribution >= 4 is 0 Å². The Hall–Kier alpha value is -0.890. The molecule has 0 aromatic carbocycles. The number of pyridine rings is 1. The van der Waals surface area contributed by atoms with Crippen LogP contribution in [0.25, 0.3) is 0 Å². The summed E-state index contributed by atoms with van der Waals surface area (Å²) in [5, 5.41) is 0. The highest BCUT2D eigenvalue weighted by Crippen LogP contribution is 1.98. The van der Waals surface area contributed by atoms with Crippen molar-refractivity contribution in [1.29, 1.82) is 0 Å². The van der Waals surface area contributed by atoms with Crippen LogP contribution in [-0.4, -0.2) is 0 Å². The lowest BCUT2D eigenvalue weighted by Crippen LogP contribution is -2.32. The molecule has 0 unspecified atom stereocenters. The lowest BCUT2D eigenvalue weighted by Gasteiger charge is -1.98. The Morgan fingerprint density at radius 3 is 2.43 bits per heavy atom. The molecule has 2 nitrogen and oxygen atoms in total. The van der Waals surface area contributed by atoms with Crippen LogP contribution in [0.1, 0.15) is 38.2 Å². The van der Waals surface area contributed by atoms with E-state index in [-0.39, 0.29) is 0 Å². The summed E-state index contributed by atoms with van der Waals surface area (Å²) >= 11 is 0. The van der Waals surface area contributed by atoms with E-state index in [2.05, 4.69) is 36.0 Å². The van der Waals surface area contributed by atoms with Crippen molar-refractivity contribution in [3.8, 4) is 0 Å². The number of aryl methyl sites for hydroxylation is 1. The second-order valence-corrected chi connectivity index (χ2v) is 3.71. The largest absolute Gasteiger partial charge is 0.326 e.